The predicted octanol–water partition coefficient (Wildman–Crippen LogP) is 5.21. The standard InChI is InChI=1S/C22H18N4OS/c1-2-11-23-17-10-13-24-19(15-7-4-3-5-8-15)20(17)26-21(27)18-14-16-9-6-12-25-22(16)28-18/h2-10,12-14H,1,11H2,(H,23,24)(H,26,27). The number of nitrogens with one attached hydrogen (secondary N) is 2. The molecule has 4 rings (SSSR count). The molecular weight excluding hydrogens is 368 g/mol. The summed E-state index contributed by atoms with van der Waals surface area (Å²) in [6, 6.07) is 17.3. The smallest absolute Gasteiger partial charge is 0.265 e. The molecule has 138 valence electrons. The third-order valence-electron chi connectivity index (χ3n) is 4.19. The van der Waals surface area contributed by atoms with Crippen molar-refractivity contribution in [1.29, 1.82) is 0 Å². The number of hydrogen-bond donors (Lipinski definition) is 2. The fourth-order valence-electron chi connectivity index (χ4n) is 2.89. The number of thiophene rings is 1. The Morgan fingerprint density at radius 1 is 1.07 bits per heavy atom. The highest BCUT2D eigenvalue weighted by atomic mass is 32.1. The molecule has 1 amide bonds. The number of anilines is 2. The molecule has 6 heteroatoms. The van der Waals surface area contributed by atoms with E-state index in [0.717, 1.165) is 21.5 Å². The van der Waals surface area contributed by atoms with E-state index in [9.17, 15) is 4.79 Å². The van der Waals surface area contributed by atoms with Crippen LogP contribution in [-0.2, 0) is 0 Å². The average molecular weight is 386 g/mol. The molecule has 0 fully saturated rings. The molecule has 0 atom stereocenters. The summed E-state index contributed by atoms with van der Waals surface area (Å²) < 4.78 is 0. The molecule has 0 unspecified atom stereocenters. The van der Waals surface area contributed by atoms with Gasteiger partial charge in [0.15, 0.2) is 0 Å². The molecule has 0 radical (unpaired) electrons. The van der Waals surface area contributed by atoms with Crippen LogP contribution >= 0.6 is 11.3 Å². The lowest BCUT2D eigenvalue weighted by Crippen LogP contribution is -2.14. The minimum Gasteiger partial charge on any atom is -0.380 e. The van der Waals surface area contributed by atoms with Gasteiger partial charge in [0, 0.05) is 29.9 Å². The van der Waals surface area contributed by atoms with Crippen molar-refractivity contribution in [3.63, 3.8) is 0 Å². The first-order chi connectivity index (χ1) is 13.8. The van der Waals surface area contributed by atoms with Crippen molar-refractivity contribution in [2.45, 2.75) is 0 Å². The van der Waals surface area contributed by atoms with Crippen LogP contribution in [0.4, 0.5) is 11.4 Å². The van der Waals surface area contributed by atoms with Crippen molar-refractivity contribution >= 4 is 38.8 Å². The van der Waals surface area contributed by atoms with Gasteiger partial charge in [-0.05, 0) is 18.2 Å². The Labute approximate surface area is 166 Å². The number of benzene rings is 1. The number of fused-ring (bicyclic) bond motifs is 1. The van der Waals surface area contributed by atoms with Crippen LogP contribution in [0.15, 0.2) is 79.6 Å². The van der Waals surface area contributed by atoms with Gasteiger partial charge in [0.25, 0.3) is 5.91 Å². The first-order valence-electron chi connectivity index (χ1n) is 8.81. The van der Waals surface area contributed by atoms with Crippen LogP contribution in [-0.4, -0.2) is 22.4 Å². The van der Waals surface area contributed by atoms with E-state index >= 15 is 0 Å². The lowest BCUT2D eigenvalue weighted by atomic mass is 10.1. The quantitative estimate of drug-likeness (QED) is 0.447. The van der Waals surface area contributed by atoms with Gasteiger partial charge < -0.3 is 10.6 Å². The second kappa shape index (κ2) is 8.02. The molecule has 3 aromatic heterocycles. The summed E-state index contributed by atoms with van der Waals surface area (Å²) in [5, 5.41) is 7.28. The van der Waals surface area contributed by atoms with Crippen molar-refractivity contribution in [2.75, 3.05) is 17.2 Å². The van der Waals surface area contributed by atoms with E-state index in [2.05, 4.69) is 27.2 Å². The Hall–Kier alpha value is -3.51. The van der Waals surface area contributed by atoms with Crippen LogP contribution in [0, 0.1) is 0 Å². The zero-order valence-electron chi connectivity index (χ0n) is 15.1. The maximum absolute atomic E-state index is 13.0. The Morgan fingerprint density at radius 3 is 2.71 bits per heavy atom. The lowest BCUT2D eigenvalue weighted by Gasteiger charge is -2.15. The molecule has 0 spiro atoms. The van der Waals surface area contributed by atoms with Crippen molar-refractivity contribution in [1.82, 2.24) is 9.97 Å². The van der Waals surface area contributed by atoms with Crippen molar-refractivity contribution in [3.8, 4) is 11.3 Å². The number of aromatic nitrogens is 2. The average Bonchev–Trinajstić information content (AvgIpc) is 3.18. The van der Waals surface area contributed by atoms with E-state index in [0.29, 0.717) is 22.8 Å². The van der Waals surface area contributed by atoms with Crippen LogP contribution in [0.5, 0.6) is 0 Å². The number of nitrogens with zero attached hydrogens (tertiary/aromatic N) is 2. The molecule has 0 bridgehead atoms. The summed E-state index contributed by atoms with van der Waals surface area (Å²) in [5.41, 5.74) is 3.08. The number of carbonyl (C=O) groups is 1. The lowest BCUT2D eigenvalue weighted by molar-refractivity contribution is 0.103. The summed E-state index contributed by atoms with van der Waals surface area (Å²) in [6.07, 6.45) is 5.23. The highest BCUT2D eigenvalue weighted by molar-refractivity contribution is 7.20. The Kier molecular flexibility index (Phi) is 5.12. The second-order valence-electron chi connectivity index (χ2n) is 6.08. The van der Waals surface area contributed by atoms with E-state index < -0.39 is 0 Å². The summed E-state index contributed by atoms with van der Waals surface area (Å²) in [5.74, 6) is -0.185. The molecule has 28 heavy (non-hydrogen) atoms. The van der Waals surface area contributed by atoms with Crippen LogP contribution in [0.25, 0.3) is 21.5 Å². The van der Waals surface area contributed by atoms with Crippen LogP contribution in [0.2, 0.25) is 0 Å². The molecule has 2 N–H and O–H groups in total. The van der Waals surface area contributed by atoms with Gasteiger partial charge in [0.2, 0.25) is 0 Å². The van der Waals surface area contributed by atoms with Gasteiger partial charge in [-0.2, -0.15) is 0 Å². The number of amides is 1. The molecule has 4 aromatic rings. The largest absolute Gasteiger partial charge is 0.380 e. The highest BCUT2D eigenvalue weighted by Gasteiger charge is 2.17. The Bertz CT molecular complexity index is 1100. The van der Waals surface area contributed by atoms with E-state index in [-0.39, 0.29) is 5.91 Å². The summed E-state index contributed by atoms with van der Waals surface area (Å²) in [4.78, 5) is 23.3. The number of hydrogen-bond acceptors (Lipinski definition) is 5. The number of carbonyl (C=O) groups excluding carboxylic acids is 1. The molecule has 3 heterocycles. The summed E-state index contributed by atoms with van der Waals surface area (Å²) >= 11 is 1.37. The topological polar surface area (TPSA) is 66.9 Å². The van der Waals surface area contributed by atoms with Crippen molar-refractivity contribution < 1.29 is 4.79 Å². The number of pyridine rings is 2. The first kappa shape index (κ1) is 17.9. The fraction of sp³-hybridized carbons (Fsp3) is 0.0455. The van der Waals surface area contributed by atoms with Gasteiger partial charge in [-0.15, -0.1) is 17.9 Å². The molecule has 0 saturated heterocycles. The molecular formula is C22H18N4OS. The van der Waals surface area contributed by atoms with Gasteiger partial charge in [-0.25, -0.2) is 4.98 Å². The molecule has 0 saturated carbocycles. The van der Waals surface area contributed by atoms with Crippen molar-refractivity contribution in [3.05, 3.63) is 84.5 Å². The van der Waals surface area contributed by atoms with Crippen LogP contribution < -0.4 is 10.6 Å². The van der Waals surface area contributed by atoms with E-state index in [1.807, 2.05) is 54.6 Å². The molecule has 1 aromatic carbocycles. The van der Waals surface area contributed by atoms with Gasteiger partial charge in [0.1, 0.15) is 4.83 Å². The third-order valence-corrected chi connectivity index (χ3v) is 5.25. The summed E-state index contributed by atoms with van der Waals surface area (Å²) in [7, 11) is 0. The van der Waals surface area contributed by atoms with E-state index in [1.54, 1.807) is 18.5 Å². The molecule has 0 aliphatic heterocycles. The normalized spacial score (nSPS) is 10.6. The maximum Gasteiger partial charge on any atom is 0.265 e. The van der Waals surface area contributed by atoms with Gasteiger partial charge in [-0.3, -0.25) is 9.78 Å². The van der Waals surface area contributed by atoms with Crippen molar-refractivity contribution in [2.24, 2.45) is 0 Å². The summed E-state index contributed by atoms with van der Waals surface area (Å²) in [6.45, 7) is 4.33. The van der Waals surface area contributed by atoms with Crippen LogP contribution in [0.3, 0.4) is 0 Å². The van der Waals surface area contributed by atoms with E-state index in [1.165, 1.54) is 11.3 Å². The zero-order chi connectivity index (χ0) is 19.3. The first-order valence-corrected chi connectivity index (χ1v) is 9.63. The minimum absolute atomic E-state index is 0.185. The maximum atomic E-state index is 13.0. The zero-order valence-corrected chi connectivity index (χ0v) is 15.9. The second-order valence-corrected chi connectivity index (χ2v) is 7.11. The highest BCUT2D eigenvalue weighted by Crippen LogP contribution is 2.33. The SMILES string of the molecule is C=CCNc1ccnc(-c2ccccc2)c1NC(=O)c1cc2cccnc2s1. The van der Waals surface area contributed by atoms with Gasteiger partial charge >= 0.3 is 0 Å². The Morgan fingerprint density at radius 2 is 1.93 bits per heavy atom. The molecule has 0 aliphatic rings. The monoisotopic (exact) mass is 386 g/mol. The van der Waals surface area contributed by atoms with Gasteiger partial charge in [0.05, 0.1) is 21.9 Å². The fourth-order valence-corrected chi connectivity index (χ4v) is 3.79. The predicted molar refractivity (Wildman–Crippen MR) is 116 cm³/mol. The number of rotatable bonds is 6. The van der Waals surface area contributed by atoms with Gasteiger partial charge in [-0.1, -0.05) is 42.5 Å². The molecule has 0 aliphatic carbocycles. The minimum atomic E-state index is -0.185. The Balaban J connectivity index is 1.73. The third kappa shape index (κ3) is 3.63. The van der Waals surface area contributed by atoms with E-state index in [4.69, 9.17) is 0 Å². The molecule has 5 nitrogen and oxygen atoms in total. The van der Waals surface area contributed by atoms with Crippen LogP contribution in [0.1, 0.15) is 9.67 Å².